The first-order valence-electron chi connectivity index (χ1n) is 6.15. The van der Waals surface area contributed by atoms with Crippen molar-refractivity contribution >= 4 is 5.91 Å². The molecule has 0 unspecified atom stereocenters. The van der Waals surface area contributed by atoms with Gasteiger partial charge in [0.2, 0.25) is 5.91 Å². The maximum Gasteiger partial charge on any atom is 0.243 e. The Morgan fingerprint density at radius 2 is 1.82 bits per heavy atom. The Hall–Kier alpha value is -1.12. The Morgan fingerprint density at radius 1 is 1.12 bits per heavy atom. The molecule has 0 atom stereocenters. The van der Waals surface area contributed by atoms with E-state index in [4.69, 9.17) is 9.47 Å². The van der Waals surface area contributed by atoms with Crippen LogP contribution in [0.2, 0.25) is 0 Å². The summed E-state index contributed by atoms with van der Waals surface area (Å²) in [6.07, 6.45) is 1.88. The predicted molar refractivity (Wildman–Crippen MR) is 60.1 cm³/mol. The van der Waals surface area contributed by atoms with Gasteiger partial charge in [-0.1, -0.05) is 0 Å². The van der Waals surface area contributed by atoms with E-state index in [0.717, 1.165) is 6.42 Å². The highest BCUT2D eigenvalue weighted by atomic mass is 16.5. The zero-order valence-electron chi connectivity index (χ0n) is 9.98. The van der Waals surface area contributed by atoms with Gasteiger partial charge in [-0.25, -0.2) is 0 Å². The van der Waals surface area contributed by atoms with Crippen molar-refractivity contribution in [1.82, 2.24) is 4.90 Å². The molecule has 2 fully saturated rings. The Balaban J connectivity index is 2.07. The summed E-state index contributed by atoms with van der Waals surface area (Å²) in [6.45, 7) is 3.58. The van der Waals surface area contributed by atoms with Crippen LogP contribution in [0, 0.1) is 16.7 Å². The summed E-state index contributed by atoms with van der Waals surface area (Å²) in [7, 11) is 0. The van der Waals surface area contributed by atoms with Crippen LogP contribution < -0.4 is 0 Å². The lowest BCUT2D eigenvalue weighted by Crippen LogP contribution is -2.47. The molecule has 0 aliphatic carbocycles. The number of nitriles is 1. The van der Waals surface area contributed by atoms with E-state index in [2.05, 4.69) is 6.07 Å². The van der Waals surface area contributed by atoms with Crippen LogP contribution >= 0.6 is 0 Å². The average molecular weight is 238 g/mol. The lowest BCUT2D eigenvalue weighted by Gasteiger charge is -2.34. The van der Waals surface area contributed by atoms with Crippen LogP contribution in [-0.4, -0.2) is 50.3 Å². The molecule has 94 valence electrons. The van der Waals surface area contributed by atoms with Crippen molar-refractivity contribution in [1.29, 1.82) is 5.26 Å². The molecule has 0 radical (unpaired) electrons. The van der Waals surface area contributed by atoms with Crippen LogP contribution in [0.1, 0.15) is 19.3 Å². The van der Waals surface area contributed by atoms with Crippen molar-refractivity contribution in [2.75, 3.05) is 39.5 Å². The SMILES string of the molecule is N#CC1(C(=O)N2CCCOCC2)CCOCC1. The summed E-state index contributed by atoms with van der Waals surface area (Å²) in [4.78, 5) is 14.2. The number of rotatable bonds is 1. The van der Waals surface area contributed by atoms with Gasteiger partial charge in [-0.3, -0.25) is 4.79 Å². The molecule has 0 aromatic heterocycles. The molecule has 0 bridgehead atoms. The molecule has 5 nitrogen and oxygen atoms in total. The second-order valence-corrected chi connectivity index (χ2v) is 4.56. The fourth-order valence-electron chi connectivity index (χ4n) is 2.35. The molecule has 1 amide bonds. The molecular formula is C12H18N2O3. The predicted octanol–water partition coefficient (Wildman–Crippen LogP) is 0.556. The largest absolute Gasteiger partial charge is 0.381 e. The van der Waals surface area contributed by atoms with E-state index in [1.165, 1.54) is 0 Å². The van der Waals surface area contributed by atoms with Gasteiger partial charge in [0.15, 0.2) is 0 Å². The molecule has 17 heavy (non-hydrogen) atoms. The van der Waals surface area contributed by atoms with Gasteiger partial charge in [-0.05, 0) is 19.3 Å². The second-order valence-electron chi connectivity index (χ2n) is 4.56. The number of hydrogen-bond acceptors (Lipinski definition) is 4. The molecule has 2 aliphatic rings. The first-order valence-corrected chi connectivity index (χ1v) is 6.15. The molecule has 0 N–H and O–H groups in total. The Kier molecular flexibility index (Phi) is 3.97. The highest BCUT2D eigenvalue weighted by Gasteiger charge is 2.43. The van der Waals surface area contributed by atoms with Crippen LogP contribution in [0.4, 0.5) is 0 Å². The molecule has 2 saturated heterocycles. The van der Waals surface area contributed by atoms with E-state index in [-0.39, 0.29) is 5.91 Å². The van der Waals surface area contributed by atoms with Crippen molar-refractivity contribution in [2.24, 2.45) is 5.41 Å². The lowest BCUT2D eigenvalue weighted by atomic mass is 9.80. The van der Waals surface area contributed by atoms with Crippen LogP contribution in [0.25, 0.3) is 0 Å². The van der Waals surface area contributed by atoms with Crippen LogP contribution in [0.3, 0.4) is 0 Å². The minimum atomic E-state index is -0.859. The van der Waals surface area contributed by atoms with Crippen molar-refractivity contribution in [3.63, 3.8) is 0 Å². The van der Waals surface area contributed by atoms with Gasteiger partial charge in [0, 0.05) is 32.9 Å². The zero-order valence-corrected chi connectivity index (χ0v) is 9.98. The van der Waals surface area contributed by atoms with E-state index < -0.39 is 5.41 Å². The summed E-state index contributed by atoms with van der Waals surface area (Å²) in [5.74, 6) is -0.0335. The summed E-state index contributed by atoms with van der Waals surface area (Å²) in [5, 5.41) is 9.33. The van der Waals surface area contributed by atoms with Crippen molar-refractivity contribution in [2.45, 2.75) is 19.3 Å². The molecule has 0 spiro atoms. The Labute approximate surface area is 101 Å². The topological polar surface area (TPSA) is 62.6 Å². The molecule has 5 heteroatoms. The van der Waals surface area contributed by atoms with Crippen LogP contribution in [-0.2, 0) is 14.3 Å². The van der Waals surface area contributed by atoms with Crippen LogP contribution in [0.15, 0.2) is 0 Å². The Morgan fingerprint density at radius 3 is 2.53 bits per heavy atom. The van der Waals surface area contributed by atoms with Gasteiger partial charge in [0.05, 0.1) is 12.7 Å². The molecular weight excluding hydrogens is 220 g/mol. The highest BCUT2D eigenvalue weighted by molar-refractivity contribution is 5.85. The van der Waals surface area contributed by atoms with Gasteiger partial charge < -0.3 is 14.4 Å². The lowest BCUT2D eigenvalue weighted by molar-refractivity contribution is -0.143. The van der Waals surface area contributed by atoms with Gasteiger partial charge in [0.1, 0.15) is 5.41 Å². The maximum absolute atomic E-state index is 12.5. The number of carbonyl (C=O) groups is 1. The molecule has 2 heterocycles. The van der Waals surface area contributed by atoms with E-state index >= 15 is 0 Å². The standard InChI is InChI=1S/C12H18N2O3/c13-10-12(2-7-17-8-3-12)11(15)14-4-1-6-16-9-5-14/h1-9H2. The smallest absolute Gasteiger partial charge is 0.243 e. The first kappa shape index (κ1) is 12.3. The number of ether oxygens (including phenoxy) is 2. The number of amides is 1. The third-order valence-corrected chi connectivity index (χ3v) is 3.48. The second kappa shape index (κ2) is 5.48. The average Bonchev–Trinajstić information content (AvgIpc) is 2.67. The fourth-order valence-corrected chi connectivity index (χ4v) is 2.35. The van der Waals surface area contributed by atoms with Gasteiger partial charge in [-0.2, -0.15) is 5.26 Å². The van der Waals surface area contributed by atoms with Crippen molar-refractivity contribution < 1.29 is 14.3 Å². The third-order valence-electron chi connectivity index (χ3n) is 3.48. The minimum Gasteiger partial charge on any atom is -0.381 e. The van der Waals surface area contributed by atoms with Crippen molar-refractivity contribution in [3.8, 4) is 6.07 Å². The van der Waals surface area contributed by atoms with E-state index in [9.17, 15) is 10.1 Å². The maximum atomic E-state index is 12.5. The monoisotopic (exact) mass is 238 g/mol. The number of nitrogens with zero attached hydrogens (tertiary/aromatic N) is 2. The van der Waals surface area contributed by atoms with E-state index in [0.29, 0.717) is 52.4 Å². The molecule has 0 aromatic rings. The molecule has 0 aromatic carbocycles. The summed E-state index contributed by atoms with van der Waals surface area (Å²) in [5.41, 5.74) is -0.859. The highest BCUT2D eigenvalue weighted by Crippen LogP contribution is 2.32. The summed E-state index contributed by atoms with van der Waals surface area (Å²) in [6, 6.07) is 2.22. The number of carbonyl (C=O) groups excluding carboxylic acids is 1. The Bertz CT molecular complexity index is 310. The van der Waals surface area contributed by atoms with E-state index in [1.807, 2.05) is 0 Å². The minimum absolute atomic E-state index is 0.0335. The first-order chi connectivity index (χ1) is 8.28. The molecule has 2 aliphatic heterocycles. The third kappa shape index (κ3) is 2.59. The van der Waals surface area contributed by atoms with Crippen molar-refractivity contribution in [3.05, 3.63) is 0 Å². The zero-order chi connectivity index (χ0) is 12.1. The fraction of sp³-hybridized carbons (Fsp3) is 0.833. The van der Waals surface area contributed by atoms with Crippen LogP contribution in [0.5, 0.6) is 0 Å². The number of hydrogen-bond donors (Lipinski definition) is 0. The van der Waals surface area contributed by atoms with Gasteiger partial charge >= 0.3 is 0 Å². The normalized spacial score (nSPS) is 24.8. The van der Waals surface area contributed by atoms with E-state index in [1.54, 1.807) is 4.90 Å². The summed E-state index contributed by atoms with van der Waals surface area (Å²) >= 11 is 0. The van der Waals surface area contributed by atoms with Gasteiger partial charge in [0.25, 0.3) is 0 Å². The quantitative estimate of drug-likeness (QED) is 0.669. The van der Waals surface area contributed by atoms with Gasteiger partial charge in [-0.15, -0.1) is 0 Å². The molecule has 2 rings (SSSR count). The molecule has 0 saturated carbocycles. The summed E-state index contributed by atoms with van der Waals surface area (Å²) < 4.78 is 10.6.